The largest absolute Gasteiger partial charge is 0.480 e. The molecule has 16 heavy (non-hydrogen) atoms. The van der Waals surface area contributed by atoms with Gasteiger partial charge in [-0.25, -0.2) is 4.79 Å². The van der Waals surface area contributed by atoms with E-state index in [1.807, 2.05) is 20.8 Å². The number of rotatable bonds is 7. The lowest BCUT2D eigenvalue weighted by Gasteiger charge is -2.23. The third-order valence-electron chi connectivity index (χ3n) is 2.20. The van der Waals surface area contributed by atoms with Gasteiger partial charge in [0, 0.05) is 12.6 Å². The fourth-order valence-electron chi connectivity index (χ4n) is 1.49. The van der Waals surface area contributed by atoms with Crippen molar-refractivity contribution in [2.24, 2.45) is 0 Å². The first-order valence-electron chi connectivity index (χ1n) is 5.78. The van der Waals surface area contributed by atoms with Crippen LogP contribution in [-0.2, 0) is 4.79 Å². The van der Waals surface area contributed by atoms with Gasteiger partial charge in [0.1, 0.15) is 6.54 Å². The molecule has 5 heteroatoms. The van der Waals surface area contributed by atoms with E-state index in [2.05, 4.69) is 5.32 Å². The summed E-state index contributed by atoms with van der Waals surface area (Å²) in [6, 6.07) is -0.198. The summed E-state index contributed by atoms with van der Waals surface area (Å²) in [5.74, 6) is -0.980. The van der Waals surface area contributed by atoms with Gasteiger partial charge in [0.15, 0.2) is 0 Å². The van der Waals surface area contributed by atoms with Crippen LogP contribution in [0.3, 0.4) is 0 Å². The Balaban J connectivity index is 4.20. The molecule has 0 heterocycles. The molecule has 0 aromatic heterocycles. The second-order valence-corrected chi connectivity index (χ2v) is 3.95. The first-order chi connectivity index (χ1) is 7.51. The highest BCUT2D eigenvalue weighted by Crippen LogP contribution is 1.98. The summed E-state index contributed by atoms with van der Waals surface area (Å²) in [5, 5.41) is 11.5. The summed E-state index contributed by atoms with van der Waals surface area (Å²) < 4.78 is 0. The van der Waals surface area contributed by atoms with Crippen molar-refractivity contribution in [3.63, 3.8) is 0 Å². The first kappa shape index (κ1) is 14.7. The number of carboxylic acids is 1. The first-order valence-corrected chi connectivity index (χ1v) is 5.78. The zero-order chi connectivity index (χ0) is 12.6. The van der Waals surface area contributed by atoms with Gasteiger partial charge in [-0.15, -0.1) is 0 Å². The summed E-state index contributed by atoms with van der Waals surface area (Å²) in [4.78, 5) is 23.6. The number of hydrogen-bond donors (Lipinski definition) is 2. The van der Waals surface area contributed by atoms with Gasteiger partial charge in [0.2, 0.25) is 0 Å². The van der Waals surface area contributed by atoms with Crippen molar-refractivity contribution in [1.82, 2.24) is 10.2 Å². The molecule has 1 unspecified atom stereocenters. The van der Waals surface area contributed by atoms with Gasteiger partial charge in [-0.1, -0.05) is 20.3 Å². The zero-order valence-electron chi connectivity index (χ0n) is 10.3. The lowest BCUT2D eigenvalue weighted by molar-refractivity contribution is -0.137. The average Bonchev–Trinajstić information content (AvgIpc) is 2.16. The van der Waals surface area contributed by atoms with Crippen LogP contribution in [-0.4, -0.2) is 41.1 Å². The maximum absolute atomic E-state index is 11.7. The van der Waals surface area contributed by atoms with Crippen molar-refractivity contribution < 1.29 is 14.7 Å². The number of carbonyl (C=O) groups is 2. The lowest BCUT2D eigenvalue weighted by Crippen LogP contribution is -2.46. The van der Waals surface area contributed by atoms with Gasteiger partial charge >= 0.3 is 12.0 Å². The number of carboxylic acid groups (broad SMARTS) is 1. The Morgan fingerprint density at radius 1 is 1.31 bits per heavy atom. The predicted molar refractivity (Wildman–Crippen MR) is 62.4 cm³/mol. The molecule has 0 aliphatic rings. The van der Waals surface area contributed by atoms with Crippen molar-refractivity contribution >= 4 is 12.0 Å². The summed E-state index contributed by atoms with van der Waals surface area (Å²) in [6.45, 7) is 6.11. The standard InChI is InChI=1S/C11H22N2O3/c1-4-6-9(3)12-11(16)13(7-5-2)8-10(14)15/h9H,4-8H2,1-3H3,(H,12,16)(H,14,15). The number of aliphatic carboxylic acids is 1. The van der Waals surface area contributed by atoms with Crippen LogP contribution >= 0.6 is 0 Å². The summed E-state index contributed by atoms with van der Waals surface area (Å²) in [6.07, 6.45) is 2.65. The Hall–Kier alpha value is -1.26. The highest BCUT2D eigenvalue weighted by Gasteiger charge is 2.16. The predicted octanol–water partition coefficient (Wildman–Crippen LogP) is 1.68. The molecule has 0 spiro atoms. The van der Waals surface area contributed by atoms with Crippen molar-refractivity contribution in [3.8, 4) is 0 Å². The van der Waals surface area contributed by atoms with Crippen molar-refractivity contribution in [2.75, 3.05) is 13.1 Å². The lowest BCUT2D eigenvalue weighted by atomic mass is 10.2. The molecule has 0 aromatic carbocycles. The van der Waals surface area contributed by atoms with E-state index in [1.165, 1.54) is 4.90 Å². The van der Waals surface area contributed by atoms with E-state index in [4.69, 9.17) is 5.11 Å². The summed E-state index contributed by atoms with van der Waals surface area (Å²) in [7, 11) is 0. The quantitative estimate of drug-likeness (QED) is 0.699. The molecule has 0 rings (SSSR count). The fourth-order valence-corrected chi connectivity index (χ4v) is 1.49. The summed E-state index contributed by atoms with van der Waals surface area (Å²) in [5.41, 5.74) is 0. The molecular weight excluding hydrogens is 208 g/mol. The van der Waals surface area contributed by atoms with E-state index in [-0.39, 0.29) is 18.6 Å². The second kappa shape index (κ2) is 7.96. The van der Waals surface area contributed by atoms with Crippen LogP contribution in [0.25, 0.3) is 0 Å². The minimum Gasteiger partial charge on any atom is -0.480 e. The van der Waals surface area contributed by atoms with Gasteiger partial charge in [0.05, 0.1) is 0 Å². The second-order valence-electron chi connectivity index (χ2n) is 3.95. The minimum atomic E-state index is -0.980. The third-order valence-corrected chi connectivity index (χ3v) is 2.20. The monoisotopic (exact) mass is 230 g/mol. The number of carbonyl (C=O) groups excluding carboxylic acids is 1. The molecule has 2 amide bonds. The number of hydrogen-bond acceptors (Lipinski definition) is 2. The molecule has 0 aliphatic carbocycles. The van der Waals surface area contributed by atoms with Crippen molar-refractivity contribution in [3.05, 3.63) is 0 Å². The number of nitrogens with zero attached hydrogens (tertiary/aromatic N) is 1. The van der Waals surface area contributed by atoms with Crippen LogP contribution < -0.4 is 5.32 Å². The van der Waals surface area contributed by atoms with E-state index in [0.717, 1.165) is 19.3 Å². The average molecular weight is 230 g/mol. The molecule has 0 aliphatic heterocycles. The van der Waals surface area contributed by atoms with Gasteiger partial charge < -0.3 is 15.3 Å². The molecule has 0 bridgehead atoms. The Kier molecular flexibility index (Phi) is 7.33. The normalized spacial score (nSPS) is 11.9. The number of amides is 2. The molecule has 1 atom stereocenters. The number of nitrogens with one attached hydrogen (secondary N) is 1. The van der Waals surface area contributed by atoms with Crippen LogP contribution in [0.15, 0.2) is 0 Å². The van der Waals surface area contributed by atoms with Gasteiger partial charge in [-0.05, 0) is 19.8 Å². The molecular formula is C11H22N2O3. The SMILES string of the molecule is CCCC(C)NC(=O)N(CCC)CC(=O)O. The molecule has 2 N–H and O–H groups in total. The Labute approximate surface area is 96.8 Å². The van der Waals surface area contributed by atoms with Crippen LogP contribution in [0.1, 0.15) is 40.0 Å². The highest BCUT2D eigenvalue weighted by molar-refractivity contribution is 5.80. The molecule has 94 valence electrons. The van der Waals surface area contributed by atoms with Crippen LogP contribution in [0.5, 0.6) is 0 Å². The molecule has 0 radical (unpaired) electrons. The number of urea groups is 1. The maximum atomic E-state index is 11.7. The van der Waals surface area contributed by atoms with E-state index in [0.29, 0.717) is 6.54 Å². The van der Waals surface area contributed by atoms with Crippen molar-refractivity contribution in [1.29, 1.82) is 0 Å². The van der Waals surface area contributed by atoms with Crippen molar-refractivity contribution in [2.45, 2.75) is 46.1 Å². The molecule has 0 saturated heterocycles. The minimum absolute atomic E-state index is 0.0886. The van der Waals surface area contributed by atoms with Gasteiger partial charge in [-0.3, -0.25) is 4.79 Å². The highest BCUT2D eigenvalue weighted by atomic mass is 16.4. The van der Waals surface area contributed by atoms with Crippen LogP contribution in [0.4, 0.5) is 4.79 Å². The maximum Gasteiger partial charge on any atom is 0.323 e. The Morgan fingerprint density at radius 3 is 2.38 bits per heavy atom. The molecule has 5 nitrogen and oxygen atoms in total. The van der Waals surface area contributed by atoms with E-state index < -0.39 is 5.97 Å². The van der Waals surface area contributed by atoms with Crippen LogP contribution in [0, 0.1) is 0 Å². The van der Waals surface area contributed by atoms with Crippen LogP contribution in [0.2, 0.25) is 0 Å². The molecule has 0 fully saturated rings. The zero-order valence-corrected chi connectivity index (χ0v) is 10.3. The van der Waals surface area contributed by atoms with E-state index in [9.17, 15) is 9.59 Å². The molecule has 0 saturated carbocycles. The van der Waals surface area contributed by atoms with E-state index in [1.54, 1.807) is 0 Å². The van der Waals surface area contributed by atoms with Gasteiger partial charge in [-0.2, -0.15) is 0 Å². The van der Waals surface area contributed by atoms with Gasteiger partial charge in [0.25, 0.3) is 0 Å². The Morgan fingerprint density at radius 2 is 1.94 bits per heavy atom. The smallest absolute Gasteiger partial charge is 0.323 e. The molecule has 0 aromatic rings. The fraction of sp³-hybridized carbons (Fsp3) is 0.818. The summed E-state index contributed by atoms with van der Waals surface area (Å²) >= 11 is 0. The topological polar surface area (TPSA) is 69.6 Å². The Bertz CT molecular complexity index is 231. The third kappa shape index (κ3) is 6.27. The van der Waals surface area contributed by atoms with E-state index >= 15 is 0 Å².